The molecule has 2 amide bonds. The van der Waals surface area contributed by atoms with Crippen LogP contribution in [0.1, 0.15) is 31.3 Å². The third-order valence-electron chi connectivity index (χ3n) is 3.52. The first kappa shape index (κ1) is 23.2. The number of hydrogen-bond donors (Lipinski definition) is 1. The molecule has 6 nitrogen and oxygen atoms in total. The average molecular weight is 485 g/mol. The topological polar surface area (TPSA) is 73.2 Å². The van der Waals surface area contributed by atoms with E-state index in [1.807, 2.05) is 49.0 Å². The van der Waals surface area contributed by atoms with E-state index in [0.717, 1.165) is 15.6 Å². The highest BCUT2D eigenvalue weighted by atomic mass is 35.6. The fraction of sp³-hybridized carbons (Fsp3) is 0.353. The minimum atomic E-state index is -2.26. The second-order valence-electron chi connectivity index (χ2n) is 6.02. The van der Waals surface area contributed by atoms with Gasteiger partial charge >= 0.3 is 6.09 Å². The molecule has 1 aromatic carbocycles. The van der Waals surface area contributed by atoms with Crippen LogP contribution in [0, 0.1) is 0 Å². The number of ether oxygens (including phenoxy) is 1. The molecule has 0 aliphatic rings. The Morgan fingerprint density at radius 3 is 2.57 bits per heavy atom. The molecule has 0 aliphatic heterocycles. The van der Waals surface area contributed by atoms with Crippen LogP contribution in [0.5, 0.6) is 0 Å². The fourth-order valence-electron chi connectivity index (χ4n) is 2.15. The van der Waals surface area contributed by atoms with Gasteiger partial charge in [-0.05, 0) is 24.1 Å². The van der Waals surface area contributed by atoms with Crippen molar-refractivity contribution in [3.8, 4) is 0 Å². The smallest absolute Gasteiger partial charge is 0.414 e. The summed E-state index contributed by atoms with van der Waals surface area (Å²) in [6.45, 7) is 3.87. The number of benzene rings is 1. The maximum absolute atomic E-state index is 11.8. The first-order valence-corrected chi connectivity index (χ1v) is 10.4. The minimum absolute atomic E-state index is 0.140. The van der Waals surface area contributed by atoms with Gasteiger partial charge in [-0.1, -0.05) is 78.1 Å². The van der Waals surface area contributed by atoms with E-state index in [1.54, 1.807) is 6.07 Å². The normalized spacial score (nSPS) is 11.6. The Balaban J connectivity index is 2.15. The predicted octanol–water partition coefficient (Wildman–Crippen LogP) is 5.47. The number of aromatic nitrogens is 2. The van der Waals surface area contributed by atoms with Gasteiger partial charge in [0.15, 0.2) is 6.61 Å². The van der Waals surface area contributed by atoms with Gasteiger partial charge in [0, 0.05) is 17.0 Å². The number of carbonyl (C=O) groups excluding carboxylic acids is 2. The van der Waals surface area contributed by atoms with Gasteiger partial charge in [0.2, 0.25) is 0 Å². The van der Waals surface area contributed by atoms with Gasteiger partial charge in [0.05, 0.1) is 5.69 Å². The quantitative estimate of drug-likeness (QED) is 0.569. The van der Waals surface area contributed by atoms with Crippen LogP contribution in [-0.4, -0.2) is 25.3 Å². The Hall–Kier alpha value is -1.12. The molecule has 0 bridgehead atoms. The SMILES string of the molecule is CC(C)c1nc(COC(=O)NC(=O)C(Cl)(Cl)Cl)n(C)c1Sc1cccc(Cl)c1. The summed E-state index contributed by atoms with van der Waals surface area (Å²) in [4.78, 5) is 28.8. The van der Waals surface area contributed by atoms with Crippen LogP contribution in [0.25, 0.3) is 0 Å². The fourth-order valence-corrected chi connectivity index (χ4v) is 3.73. The second kappa shape index (κ2) is 9.59. The summed E-state index contributed by atoms with van der Waals surface area (Å²) in [5.74, 6) is -0.450. The van der Waals surface area contributed by atoms with Gasteiger partial charge in [0.1, 0.15) is 10.9 Å². The number of alkyl carbamates (subject to hydrolysis) is 1. The monoisotopic (exact) mass is 483 g/mol. The zero-order chi connectivity index (χ0) is 21.1. The minimum Gasteiger partial charge on any atom is -0.441 e. The molecule has 152 valence electrons. The van der Waals surface area contributed by atoms with Crippen molar-refractivity contribution in [1.82, 2.24) is 14.9 Å². The standard InChI is InChI=1S/C17H17Cl4N3O3S/c1-9(2)13-14(28-11-6-4-5-10(18)7-11)24(3)12(22-13)8-27-16(26)23-15(25)17(19,20)21/h4-7,9H,8H2,1-3H3,(H,23,25,26). The number of carbonyl (C=O) groups is 2. The average Bonchev–Trinajstić information content (AvgIpc) is 2.89. The lowest BCUT2D eigenvalue weighted by atomic mass is 10.2. The van der Waals surface area contributed by atoms with E-state index in [0.29, 0.717) is 10.8 Å². The van der Waals surface area contributed by atoms with Crippen molar-refractivity contribution in [3.63, 3.8) is 0 Å². The van der Waals surface area contributed by atoms with E-state index in [-0.39, 0.29) is 12.5 Å². The Labute approximate surface area is 186 Å². The summed E-state index contributed by atoms with van der Waals surface area (Å²) in [5.41, 5.74) is 0.851. The molecule has 0 fully saturated rings. The number of rotatable bonds is 5. The molecule has 1 heterocycles. The third-order valence-corrected chi connectivity index (χ3v) is 5.44. The molecule has 0 spiro atoms. The van der Waals surface area contributed by atoms with Crippen molar-refractivity contribution in [2.75, 3.05) is 0 Å². The lowest BCUT2D eigenvalue weighted by Gasteiger charge is -2.11. The summed E-state index contributed by atoms with van der Waals surface area (Å²) in [6.07, 6.45) is -1.03. The van der Waals surface area contributed by atoms with E-state index in [9.17, 15) is 9.59 Å². The molecule has 11 heteroatoms. The summed E-state index contributed by atoms with van der Waals surface area (Å²) in [5, 5.41) is 3.38. The maximum atomic E-state index is 11.8. The molecule has 0 aliphatic carbocycles. The van der Waals surface area contributed by atoms with E-state index >= 15 is 0 Å². The lowest BCUT2D eigenvalue weighted by Crippen LogP contribution is -2.39. The van der Waals surface area contributed by atoms with Gasteiger partial charge in [-0.15, -0.1) is 0 Å². The molecule has 1 N–H and O–H groups in total. The second-order valence-corrected chi connectivity index (χ2v) is 9.80. The summed E-state index contributed by atoms with van der Waals surface area (Å²) >= 11 is 23.8. The molecule has 2 aromatic rings. The van der Waals surface area contributed by atoms with Crippen molar-refractivity contribution in [2.24, 2.45) is 7.05 Å². The number of amides is 2. The lowest BCUT2D eigenvalue weighted by molar-refractivity contribution is -0.119. The molecule has 0 saturated carbocycles. The van der Waals surface area contributed by atoms with Crippen molar-refractivity contribution in [2.45, 2.75) is 40.1 Å². The number of halogens is 4. The van der Waals surface area contributed by atoms with E-state index in [4.69, 9.17) is 51.1 Å². The van der Waals surface area contributed by atoms with Crippen LogP contribution in [0.4, 0.5) is 4.79 Å². The van der Waals surface area contributed by atoms with Crippen LogP contribution in [0.15, 0.2) is 34.2 Å². The van der Waals surface area contributed by atoms with Gasteiger partial charge in [0.25, 0.3) is 9.70 Å². The maximum Gasteiger partial charge on any atom is 0.414 e. The number of nitrogens with zero attached hydrogens (tertiary/aromatic N) is 2. The summed E-state index contributed by atoms with van der Waals surface area (Å²) < 4.78 is 4.60. The van der Waals surface area contributed by atoms with Gasteiger partial charge in [-0.3, -0.25) is 10.1 Å². The van der Waals surface area contributed by atoms with Gasteiger partial charge in [-0.2, -0.15) is 0 Å². The molecule has 2 rings (SSSR count). The number of imide groups is 1. The van der Waals surface area contributed by atoms with Crippen molar-refractivity contribution >= 4 is 70.2 Å². The number of imidazole rings is 1. The molecule has 0 radical (unpaired) electrons. The van der Waals surface area contributed by atoms with E-state index < -0.39 is 15.8 Å². The van der Waals surface area contributed by atoms with Crippen LogP contribution >= 0.6 is 58.2 Å². The Morgan fingerprint density at radius 1 is 1.32 bits per heavy atom. The predicted molar refractivity (Wildman–Crippen MR) is 111 cm³/mol. The molecule has 28 heavy (non-hydrogen) atoms. The summed E-state index contributed by atoms with van der Waals surface area (Å²) in [6, 6.07) is 7.47. The number of alkyl halides is 3. The Bertz CT molecular complexity index is 881. The van der Waals surface area contributed by atoms with Crippen molar-refractivity contribution in [3.05, 3.63) is 40.8 Å². The van der Waals surface area contributed by atoms with E-state index in [2.05, 4.69) is 4.98 Å². The van der Waals surface area contributed by atoms with Gasteiger partial charge in [-0.25, -0.2) is 9.78 Å². The zero-order valence-corrected chi connectivity index (χ0v) is 19.0. The molecule has 0 unspecified atom stereocenters. The Kier molecular flexibility index (Phi) is 7.93. The summed E-state index contributed by atoms with van der Waals surface area (Å²) in [7, 11) is 1.81. The van der Waals surface area contributed by atoms with Crippen LogP contribution in [0.3, 0.4) is 0 Å². The first-order chi connectivity index (χ1) is 13.0. The molecular formula is C17H17Cl4N3O3S. The molecule has 1 aromatic heterocycles. The number of nitrogens with one attached hydrogen (secondary N) is 1. The van der Waals surface area contributed by atoms with Crippen molar-refractivity contribution < 1.29 is 14.3 Å². The molecule has 0 atom stereocenters. The van der Waals surface area contributed by atoms with Crippen LogP contribution in [-0.2, 0) is 23.2 Å². The third kappa shape index (κ3) is 6.19. The van der Waals surface area contributed by atoms with Crippen LogP contribution in [0.2, 0.25) is 5.02 Å². The molecular weight excluding hydrogens is 468 g/mol. The largest absolute Gasteiger partial charge is 0.441 e. The molecule has 0 saturated heterocycles. The first-order valence-electron chi connectivity index (χ1n) is 8.03. The highest BCUT2D eigenvalue weighted by Crippen LogP contribution is 2.35. The van der Waals surface area contributed by atoms with Crippen LogP contribution < -0.4 is 5.32 Å². The zero-order valence-electron chi connectivity index (χ0n) is 15.1. The Morgan fingerprint density at radius 2 is 2.00 bits per heavy atom. The highest BCUT2D eigenvalue weighted by Gasteiger charge is 2.32. The van der Waals surface area contributed by atoms with Crippen molar-refractivity contribution in [1.29, 1.82) is 0 Å². The number of hydrogen-bond acceptors (Lipinski definition) is 5. The highest BCUT2D eigenvalue weighted by molar-refractivity contribution is 7.99. The van der Waals surface area contributed by atoms with E-state index in [1.165, 1.54) is 11.8 Å². The van der Waals surface area contributed by atoms with Gasteiger partial charge < -0.3 is 9.30 Å².